The molecule has 1 heterocycles. The first-order valence-electron chi connectivity index (χ1n) is 6.67. The van der Waals surface area contributed by atoms with E-state index in [1.807, 2.05) is 24.3 Å². The maximum absolute atomic E-state index is 5.41. The van der Waals surface area contributed by atoms with Crippen molar-refractivity contribution >= 4 is 26.8 Å². The molecule has 0 aliphatic carbocycles. The Bertz CT molecular complexity index is 780. The first-order valence-corrected chi connectivity index (χ1v) is 7.46. The molecule has 2 aromatic carbocycles. The molecular formula is C17H16BrNO2. The molecule has 108 valence electrons. The maximum Gasteiger partial charge on any atom is 0.128 e. The fraction of sp³-hybridized carbons (Fsp3) is 0.176. The number of fused-ring (bicyclic) bond motifs is 1. The number of ether oxygens (including phenoxy) is 2. The van der Waals surface area contributed by atoms with E-state index in [2.05, 4.69) is 44.9 Å². The molecule has 0 fully saturated rings. The topological polar surface area (TPSA) is 23.4 Å². The number of benzene rings is 2. The van der Waals surface area contributed by atoms with Gasteiger partial charge in [0.25, 0.3) is 0 Å². The molecule has 0 atom stereocenters. The van der Waals surface area contributed by atoms with Gasteiger partial charge < -0.3 is 14.0 Å². The SMILES string of the molecule is COc1ccc(Br)c(Cn2ccc3c(OC)cccc32)c1. The predicted molar refractivity (Wildman–Crippen MR) is 88.3 cm³/mol. The Hall–Kier alpha value is -1.94. The van der Waals surface area contributed by atoms with Crippen molar-refractivity contribution in [3.8, 4) is 11.5 Å². The molecule has 0 aliphatic heterocycles. The molecule has 3 nitrogen and oxygen atoms in total. The third kappa shape index (κ3) is 2.63. The smallest absolute Gasteiger partial charge is 0.128 e. The molecule has 0 amide bonds. The van der Waals surface area contributed by atoms with Crippen molar-refractivity contribution in [3.63, 3.8) is 0 Å². The van der Waals surface area contributed by atoms with Gasteiger partial charge in [-0.15, -0.1) is 0 Å². The highest BCUT2D eigenvalue weighted by molar-refractivity contribution is 9.10. The Balaban J connectivity index is 2.02. The van der Waals surface area contributed by atoms with Crippen LogP contribution in [-0.4, -0.2) is 18.8 Å². The quantitative estimate of drug-likeness (QED) is 0.696. The minimum absolute atomic E-state index is 0.772. The van der Waals surface area contributed by atoms with Crippen LogP contribution in [0.2, 0.25) is 0 Å². The Morgan fingerprint density at radius 3 is 2.67 bits per heavy atom. The molecule has 0 N–H and O–H groups in total. The lowest BCUT2D eigenvalue weighted by Gasteiger charge is -2.10. The lowest BCUT2D eigenvalue weighted by molar-refractivity contribution is 0.414. The number of rotatable bonds is 4. The summed E-state index contributed by atoms with van der Waals surface area (Å²) in [7, 11) is 3.38. The first-order chi connectivity index (χ1) is 10.2. The van der Waals surface area contributed by atoms with Gasteiger partial charge in [0.1, 0.15) is 11.5 Å². The van der Waals surface area contributed by atoms with Crippen LogP contribution < -0.4 is 9.47 Å². The first kappa shape index (κ1) is 14.0. The van der Waals surface area contributed by atoms with Crippen molar-refractivity contribution < 1.29 is 9.47 Å². The van der Waals surface area contributed by atoms with Gasteiger partial charge in [-0.3, -0.25) is 0 Å². The monoisotopic (exact) mass is 345 g/mol. The van der Waals surface area contributed by atoms with Crippen LogP contribution in [0.25, 0.3) is 10.9 Å². The lowest BCUT2D eigenvalue weighted by Crippen LogP contribution is -1.99. The number of methoxy groups -OCH3 is 2. The van der Waals surface area contributed by atoms with Crippen molar-refractivity contribution in [2.24, 2.45) is 0 Å². The van der Waals surface area contributed by atoms with Crippen molar-refractivity contribution in [2.75, 3.05) is 14.2 Å². The van der Waals surface area contributed by atoms with Gasteiger partial charge in [0.15, 0.2) is 0 Å². The molecule has 21 heavy (non-hydrogen) atoms. The van der Waals surface area contributed by atoms with Crippen LogP contribution in [-0.2, 0) is 6.54 Å². The average Bonchev–Trinajstić information content (AvgIpc) is 2.92. The molecular weight excluding hydrogens is 330 g/mol. The minimum atomic E-state index is 0.772. The van der Waals surface area contributed by atoms with Gasteiger partial charge in [0, 0.05) is 22.6 Å². The second-order valence-corrected chi connectivity index (χ2v) is 5.65. The molecule has 0 saturated heterocycles. The lowest BCUT2D eigenvalue weighted by atomic mass is 10.2. The van der Waals surface area contributed by atoms with Gasteiger partial charge in [-0.2, -0.15) is 0 Å². The number of hydrogen-bond donors (Lipinski definition) is 0. The van der Waals surface area contributed by atoms with Crippen LogP contribution in [0.3, 0.4) is 0 Å². The van der Waals surface area contributed by atoms with Gasteiger partial charge in [-0.1, -0.05) is 22.0 Å². The third-order valence-electron chi connectivity index (χ3n) is 3.59. The largest absolute Gasteiger partial charge is 0.497 e. The summed E-state index contributed by atoms with van der Waals surface area (Å²) in [5.74, 6) is 1.76. The zero-order chi connectivity index (χ0) is 14.8. The van der Waals surface area contributed by atoms with E-state index in [9.17, 15) is 0 Å². The molecule has 4 heteroatoms. The fourth-order valence-electron chi connectivity index (χ4n) is 2.49. The number of nitrogens with zero attached hydrogens (tertiary/aromatic N) is 1. The molecule has 1 aromatic heterocycles. The molecule has 0 unspecified atom stereocenters. The summed E-state index contributed by atoms with van der Waals surface area (Å²) in [6.45, 7) is 0.772. The van der Waals surface area contributed by atoms with Crippen LogP contribution in [0, 0.1) is 0 Å². The summed E-state index contributed by atoms with van der Waals surface area (Å²) < 4.78 is 14.0. The molecule has 0 bridgehead atoms. The van der Waals surface area contributed by atoms with Crippen LogP contribution >= 0.6 is 15.9 Å². The van der Waals surface area contributed by atoms with Crippen molar-refractivity contribution in [1.82, 2.24) is 4.57 Å². The zero-order valence-corrected chi connectivity index (χ0v) is 13.6. The summed E-state index contributed by atoms with van der Waals surface area (Å²) in [5.41, 5.74) is 2.33. The van der Waals surface area contributed by atoms with E-state index in [1.165, 1.54) is 5.56 Å². The number of hydrogen-bond acceptors (Lipinski definition) is 2. The second kappa shape index (κ2) is 5.82. The Labute approximate surface area is 132 Å². The summed E-state index contributed by atoms with van der Waals surface area (Å²) >= 11 is 3.60. The minimum Gasteiger partial charge on any atom is -0.497 e. The Morgan fingerprint density at radius 1 is 1.05 bits per heavy atom. The van der Waals surface area contributed by atoms with Gasteiger partial charge >= 0.3 is 0 Å². The van der Waals surface area contributed by atoms with Crippen LogP contribution in [0.15, 0.2) is 53.1 Å². The second-order valence-electron chi connectivity index (χ2n) is 4.79. The maximum atomic E-state index is 5.41. The number of aromatic nitrogens is 1. The summed E-state index contributed by atoms with van der Waals surface area (Å²) in [4.78, 5) is 0. The molecule has 0 radical (unpaired) electrons. The standard InChI is InChI=1S/C17H16BrNO2/c1-20-13-6-7-15(18)12(10-13)11-19-9-8-14-16(19)4-3-5-17(14)21-2/h3-10H,11H2,1-2H3. The third-order valence-corrected chi connectivity index (χ3v) is 4.36. The van der Waals surface area contributed by atoms with E-state index in [-0.39, 0.29) is 0 Å². The van der Waals surface area contributed by atoms with E-state index in [0.717, 1.165) is 33.4 Å². The highest BCUT2D eigenvalue weighted by Gasteiger charge is 2.08. The predicted octanol–water partition coefficient (Wildman–Crippen LogP) is 4.47. The highest BCUT2D eigenvalue weighted by atomic mass is 79.9. The van der Waals surface area contributed by atoms with E-state index in [4.69, 9.17) is 9.47 Å². The molecule has 0 saturated carbocycles. The molecule has 3 rings (SSSR count). The van der Waals surface area contributed by atoms with E-state index < -0.39 is 0 Å². The van der Waals surface area contributed by atoms with Crippen molar-refractivity contribution in [1.29, 1.82) is 0 Å². The van der Waals surface area contributed by atoms with Crippen molar-refractivity contribution in [2.45, 2.75) is 6.54 Å². The molecule has 0 spiro atoms. The van der Waals surface area contributed by atoms with Gasteiger partial charge in [-0.25, -0.2) is 0 Å². The van der Waals surface area contributed by atoms with E-state index in [0.29, 0.717) is 0 Å². The Kier molecular flexibility index (Phi) is 3.88. The Morgan fingerprint density at radius 2 is 1.90 bits per heavy atom. The van der Waals surface area contributed by atoms with Crippen molar-refractivity contribution in [3.05, 3.63) is 58.7 Å². The number of halogens is 1. The zero-order valence-electron chi connectivity index (χ0n) is 12.0. The molecule has 3 aromatic rings. The van der Waals surface area contributed by atoms with Crippen LogP contribution in [0.1, 0.15) is 5.56 Å². The highest BCUT2D eigenvalue weighted by Crippen LogP contribution is 2.29. The summed E-state index contributed by atoms with van der Waals surface area (Å²) in [6, 6.07) is 14.2. The summed E-state index contributed by atoms with van der Waals surface area (Å²) in [5, 5.41) is 1.12. The fourth-order valence-corrected chi connectivity index (χ4v) is 2.87. The average molecular weight is 346 g/mol. The van der Waals surface area contributed by atoms with E-state index in [1.54, 1.807) is 14.2 Å². The van der Waals surface area contributed by atoms with Crippen LogP contribution in [0.5, 0.6) is 11.5 Å². The van der Waals surface area contributed by atoms with Gasteiger partial charge in [-0.05, 0) is 42.0 Å². The van der Waals surface area contributed by atoms with E-state index >= 15 is 0 Å². The summed E-state index contributed by atoms with van der Waals surface area (Å²) in [6.07, 6.45) is 2.08. The van der Waals surface area contributed by atoms with Gasteiger partial charge in [0.2, 0.25) is 0 Å². The van der Waals surface area contributed by atoms with Crippen LogP contribution in [0.4, 0.5) is 0 Å². The van der Waals surface area contributed by atoms with Gasteiger partial charge in [0.05, 0.1) is 19.7 Å². The molecule has 0 aliphatic rings. The normalized spacial score (nSPS) is 10.8.